The molecule has 140 heavy (non-hydrogen) atoms. The summed E-state index contributed by atoms with van der Waals surface area (Å²) in [5.41, 5.74) is 0. The summed E-state index contributed by atoms with van der Waals surface area (Å²) in [4.78, 5) is 63.8. The molecule has 20 rings (SSSR count). The number of nitrogens with zero attached hydrogens (tertiary/aromatic N) is 4. The van der Waals surface area contributed by atoms with Crippen LogP contribution in [0.15, 0.2) is 350 Å². The van der Waals surface area contributed by atoms with Crippen LogP contribution in [0.4, 0.5) is 35.1 Å². The van der Waals surface area contributed by atoms with Crippen molar-refractivity contribution < 1.29 is 132 Å². The average Bonchev–Trinajstić information content (AvgIpc) is 0.775. The Morgan fingerprint density at radius 2 is 0.379 bits per heavy atom. The van der Waals surface area contributed by atoms with Gasteiger partial charge in [-0.1, -0.05) is 97.1 Å². The molecule has 736 valence electrons. The first-order valence-corrected chi connectivity index (χ1v) is 49.2. The lowest BCUT2D eigenvalue weighted by Crippen LogP contribution is -2.40. The molecule has 4 fully saturated rings. The predicted molar refractivity (Wildman–Crippen MR) is 509 cm³/mol. The van der Waals surface area contributed by atoms with Gasteiger partial charge in [-0.05, 0) is 194 Å². The smallest absolute Gasteiger partial charge is 0.377 e. The molecule has 8 aliphatic heterocycles. The summed E-state index contributed by atoms with van der Waals surface area (Å²) < 4.78 is 161. The Balaban J connectivity index is 0.000000136. The third-order valence-corrected chi connectivity index (χ3v) is 30.3. The van der Waals surface area contributed by atoms with E-state index in [1.54, 1.807) is 68.1 Å². The number of hydrogen-bond donors (Lipinski definition) is 4. The van der Waals surface area contributed by atoms with Crippen molar-refractivity contribution in [3.05, 3.63) is 291 Å². The molecule has 12 aromatic carbocycles. The summed E-state index contributed by atoms with van der Waals surface area (Å²) in [6.07, 6.45) is 0. The molecule has 12 aromatic rings. The molecule has 0 aromatic heterocycles. The highest BCUT2D eigenvalue weighted by Gasteiger charge is 2.45. The highest BCUT2D eigenvalue weighted by atomic mass is 32.2. The molecule has 0 spiro atoms. The number of aromatic hydroxyl groups is 4. The summed E-state index contributed by atoms with van der Waals surface area (Å²) >= 11 is 0. The molecule has 0 saturated carbocycles. The van der Waals surface area contributed by atoms with E-state index in [9.17, 15) is 74.7 Å². The number of carbonyl (C=O) groups is 4. The van der Waals surface area contributed by atoms with Crippen LogP contribution in [0.1, 0.15) is 27.7 Å². The Labute approximate surface area is 816 Å². The molecule has 0 unspecified atom stereocenters. The van der Waals surface area contributed by atoms with Crippen LogP contribution in [0, 0.1) is 0 Å². The van der Waals surface area contributed by atoms with Gasteiger partial charge in [-0.3, -0.25) is 19.6 Å². The second kappa shape index (κ2) is 50.0. The number of alkyl halides is 8. The molecule has 8 heterocycles. The van der Waals surface area contributed by atoms with Crippen molar-refractivity contribution in [3.63, 3.8) is 0 Å². The van der Waals surface area contributed by atoms with E-state index in [1.807, 2.05) is 194 Å². The molecular weight excluding hydrogens is 1910 g/mol. The maximum Gasteiger partial charge on any atom is 0.377 e. The topological polar surface area (TPSA) is 273 Å². The lowest BCUT2D eigenvalue weighted by molar-refractivity contribution is -0.176. The van der Waals surface area contributed by atoms with Crippen molar-refractivity contribution in [1.82, 2.24) is 19.6 Å². The number of ether oxygens (including phenoxy) is 12. The monoisotopic (exact) mass is 2010 g/mol. The van der Waals surface area contributed by atoms with E-state index >= 15 is 0 Å². The summed E-state index contributed by atoms with van der Waals surface area (Å²) in [5, 5.41) is 38.1. The number of fused-ring (bicyclic) bond motifs is 8. The van der Waals surface area contributed by atoms with Crippen molar-refractivity contribution in [3.8, 4) is 69.0 Å². The van der Waals surface area contributed by atoms with Crippen LogP contribution in [-0.2, 0) is 101 Å². The first-order chi connectivity index (χ1) is 67.3. The quantitative estimate of drug-likeness (QED) is 0.0303. The van der Waals surface area contributed by atoms with Gasteiger partial charge >= 0.3 is 47.6 Å². The van der Waals surface area contributed by atoms with E-state index in [0.29, 0.717) is 133 Å². The molecular formula is C104H104F8N4O20S4+4. The predicted octanol–water partition coefficient (Wildman–Crippen LogP) is 20.3. The molecule has 8 aliphatic rings. The molecule has 4 saturated heterocycles. The fraction of sp³-hybridized carbons (Fsp3) is 0.269. The fourth-order valence-electron chi connectivity index (χ4n) is 13.9. The first kappa shape index (κ1) is 105. The Kier molecular flexibility index (Phi) is 37.4. The largest absolute Gasteiger partial charge is 0.508 e. The van der Waals surface area contributed by atoms with Crippen LogP contribution in [0.5, 0.6) is 69.0 Å². The van der Waals surface area contributed by atoms with Gasteiger partial charge in [-0.15, -0.1) is 0 Å². The fourth-order valence-corrected chi connectivity index (χ4v) is 22.8. The standard InChI is InChI=1S/4C18H12O2S.4C8H13F2NO3/c4*19-13-9-11-14(12-10-13)21-17-7-3-1-5-15(17)20-16-6-2-4-8-18(16)21;4*1-8(9,10)7(12)14-6-11-2-4-13-5-3-11/h4*1-12H;4*2-6H2,1H3/p+4. The molecule has 0 aliphatic carbocycles. The van der Waals surface area contributed by atoms with Crippen molar-refractivity contribution >= 4 is 67.5 Å². The van der Waals surface area contributed by atoms with Gasteiger partial charge in [0.05, 0.1) is 52.9 Å². The number of halogens is 8. The highest BCUT2D eigenvalue weighted by Crippen LogP contribution is 2.52. The van der Waals surface area contributed by atoms with Crippen LogP contribution >= 0.6 is 0 Å². The molecule has 24 nitrogen and oxygen atoms in total. The van der Waals surface area contributed by atoms with Gasteiger partial charge in [0, 0.05) is 80.1 Å². The second-order valence-electron chi connectivity index (χ2n) is 31.9. The number of para-hydroxylation sites is 8. The summed E-state index contributed by atoms with van der Waals surface area (Å²) in [5.74, 6) is -11.1. The van der Waals surface area contributed by atoms with E-state index in [2.05, 4.69) is 67.5 Å². The Hall–Kier alpha value is -12.6. The van der Waals surface area contributed by atoms with Crippen LogP contribution in [0.25, 0.3) is 0 Å². The molecule has 36 heteroatoms. The van der Waals surface area contributed by atoms with E-state index in [1.165, 1.54) is 58.7 Å². The second-order valence-corrected chi connectivity index (χ2v) is 39.8. The number of carbonyl (C=O) groups excluding carboxylic acids is 4. The van der Waals surface area contributed by atoms with Gasteiger partial charge in [-0.25, -0.2) is 19.2 Å². The maximum atomic E-state index is 12.4. The molecule has 0 radical (unpaired) electrons. The van der Waals surface area contributed by atoms with E-state index in [0.717, 1.165) is 46.0 Å². The first-order valence-electron chi connectivity index (χ1n) is 44.3. The normalized spacial score (nSPS) is 15.6. The number of rotatable bonds is 16. The minimum Gasteiger partial charge on any atom is -0.508 e. The van der Waals surface area contributed by atoms with Crippen LogP contribution in [0.3, 0.4) is 0 Å². The minimum atomic E-state index is -3.41. The Morgan fingerprint density at radius 3 is 0.514 bits per heavy atom. The minimum absolute atomic E-state index is 0.0916. The zero-order valence-corrected chi connectivity index (χ0v) is 79.9. The van der Waals surface area contributed by atoms with Crippen molar-refractivity contribution in [1.29, 1.82) is 0 Å². The zero-order valence-electron chi connectivity index (χ0n) is 76.6. The van der Waals surface area contributed by atoms with Crippen LogP contribution in [-0.4, -0.2) is 220 Å². The van der Waals surface area contributed by atoms with E-state index < -0.39 is 47.6 Å². The lowest BCUT2D eigenvalue weighted by atomic mass is 10.3. The number of esters is 4. The number of phenols is 4. The highest BCUT2D eigenvalue weighted by molar-refractivity contribution is 7.98. The maximum absolute atomic E-state index is 12.4. The molecule has 0 atom stereocenters. The number of hydrogen-bond acceptors (Lipinski definition) is 24. The van der Waals surface area contributed by atoms with E-state index in [4.69, 9.17) is 37.9 Å². The number of phenolic OH excluding ortho intramolecular Hbond substituents is 4. The average molecular weight is 2010 g/mol. The summed E-state index contributed by atoms with van der Waals surface area (Å²) in [6, 6.07) is 95.0. The van der Waals surface area contributed by atoms with Crippen LogP contribution in [0.2, 0.25) is 0 Å². The summed E-state index contributed by atoms with van der Waals surface area (Å²) in [7, 11) is -0.809. The van der Waals surface area contributed by atoms with Gasteiger partial charge in [-0.2, -0.15) is 35.1 Å². The van der Waals surface area contributed by atoms with Gasteiger partial charge in [0.25, 0.3) is 0 Å². The van der Waals surface area contributed by atoms with Crippen molar-refractivity contribution in [2.75, 3.05) is 132 Å². The third kappa shape index (κ3) is 29.8. The lowest BCUT2D eigenvalue weighted by Gasteiger charge is -2.26. The SMILES string of the molecule is CC(F)(F)C(=O)OCN1CCOCC1.CC(F)(F)C(=O)OCN1CCOCC1.CC(F)(F)C(=O)OCN1CCOCC1.CC(F)(F)C(=O)OCN1CCOCC1.Oc1ccc([S+]2c3ccccc3Oc3ccccc32)cc1.Oc1ccc([S+]2c3ccccc3Oc3ccccc32)cc1.Oc1ccc([S+]2c3ccccc3Oc3ccccc32)cc1.Oc1ccc([S+]2c3ccccc3Oc3ccccc32)cc1. The van der Waals surface area contributed by atoms with E-state index in [-0.39, 0.29) is 93.5 Å². The van der Waals surface area contributed by atoms with Crippen molar-refractivity contribution in [2.45, 2.75) is 110 Å². The Bertz CT molecular complexity index is 5140. The van der Waals surface area contributed by atoms with Gasteiger partial charge in [0.1, 0.15) is 93.5 Å². The third-order valence-electron chi connectivity index (χ3n) is 21.1. The van der Waals surface area contributed by atoms with Gasteiger partial charge < -0.3 is 77.3 Å². The number of morpholine rings is 4. The molecule has 4 N–H and O–H groups in total. The molecule has 0 amide bonds. The van der Waals surface area contributed by atoms with Crippen molar-refractivity contribution in [2.24, 2.45) is 0 Å². The van der Waals surface area contributed by atoms with Crippen LogP contribution < -0.4 is 18.9 Å². The molecule has 0 bridgehead atoms. The summed E-state index contributed by atoms with van der Waals surface area (Å²) in [6.45, 7) is 10.9. The van der Waals surface area contributed by atoms with Gasteiger partial charge in [0.15, 0.2) is 65.6 Å². The Morgan fingerprint density at radius 1 is 0.243 bits per heavy atom. The van der Waals surface area contributed by atoms with Gasteiger partial charge in [0.2, 0.25) is 39.2 Å². The zero-order chi connectivity index (χ0) is 99.4. The number of benzene rings is 12.